The van der Waals surface area contributed by atoms with Gasteiger partial charge in [0.1, 0.15) is 11.5 Å². The van der Waals surface area contributed by atoms with Crippen LogP contribution < -0.4 is 10.1 Å². The molecule has 0 saturated heterocycles. The van der Waals surface area contributed by atoms with E-state index in [4.69, 9.17) is 4.74 Å². The fourth-order valence-corrected chi connectivity index (χ4v) is 3.72. The number of phenols is 1. The highest BCUT2D eigenvalue weighted by Crippen LogP contribution is 2.39. The van der Waals surface area contributed by atoms with Gasteiger partial charge in [0.25, 0.3) is 5.91 Å². The van der Waals surface area contributed by atoms with Crippen LogP contribution >= 0.6 is 0 Å². The molecule has 0 radical (unpaired) electrons. The van der Waals surface area contributed by atoms with Gasteiger partial charge in [0, 0.05) is 5.56 Å². The summed E-state index contributed by atoms with van der Waals surface area (Å²) in [5.41, 5.74) is 4.51. The van der Waals surface area contributed by atoms with Gasteiger partial charge in [-0.3, -0.25) is 4.79 Å². The molecule has 0 aliphatic rings. The third-order valence-corrected chi connectivity index (χ3v) is 6.89. The number of phenolic OH excluding ortho intramolecular Hbond substituents is 1. The summed E-state index contributed by atoms with van der Waals surface area (Å²) in [4.78, 5) is 13.1. The van der Waals surface area contributed by atoms with Crippen LogP contribution in [0.2, 0.25) is 0 Å². The zero-order chi connectivity index (χ0) is 24.3. The molecule has 0 aliphatic carbocycles. The van der Waals surface area contributed by atoms with Crippen LogP contribution in [-0.2, 0) is 15.6 Å². The van der Waals surface area contributed by atoms with E-state index in [9.17, 15) is 9.90 Å². The SMILES string of the molecule is CCC(Oc1ccc(C(C)(C)CC)cc1C(C)(C)CC)C(=O)Nc1cc(C)cc(C)c1O. The average Bonchev–Trinajstić information content (AvgIpc) is 2.75. The number of carbonyl (C=O) groups is 1. The number of rotatable bonds is 9. The Hall–Kier alpha value is -2.49. The van der Waals surface area contributed by atoms with Crippen molar-refractivity contribution in [2.45, 2.75) is 98.5 Å². The van der Waals surface area contributed by atoms with Gasteiger partial charge < -0.3 is 15.2 Å². The van der Waals surface area contributed by atoms with Crippen molar-refractivity contribution >= 4 is 11.6 Å². The number of carbonyl (C=O) groups excluding carboxylic acids is 1. The Bertz CT molecular complexity index is 959. The summed E-state index contributed by atoms with van der Waals surface area (Å²) in [6.45, 7) is 19.0. The summed E-state index contributed by atoms with van der Waals surface area (Å²) in [5, 5.41) is 13.2. The van der Waals surface area contributed by atoms with E-state index in [2.05, 4.69) is 59.0 Å². The van der Waals surface area contributed by atoms with Crippen molar-refractivity contribution in [3.8, 4) is 11.5 Å². The average molecular weight is 440 g/mol. The predicted octanol–water partition coefficient (Wildman–Crippen LogP) is 7.18. The third-order valence-electron chi connectivity index (χ3n) is 6.89. The maximum atomic E-state index is 13.1. The van der Waals surface area contributed by atoms with Crippen molar-refractivity contribution < 1.29 is 14.6 Å². The Kier molecular flexibility index (Phi) is 8.03. The maximum Gasteiger partial charge on any atom is 0.265 e. The molecular formula is C28H41NO3. The molecule has 0 aliphatic heterocycles. The summed E-state index contributed by atoms with van der Waals surface area (Å²) >= 11 is 0. The zero-order valence-corrected chi connectivity index (χ0v) is 21.3. The molecule has 0 bridgehead atoms. The van der Waals surface area contributed by atoms with Gasteiger partial charge in [0.2, 0.25) is 0 Å². The molecule has 2 N–H and O–H groups in total. The number of aromatic hydroxyl groups is 1. The number of nitrogens with one attached hydrogen (secondary N) is 1. The molecule has 0 fully saturated rings. The molecular weight excluding hydrogens is 398 g/mol. The highest BCUT2D eigenvalue weighted by Gasteiger charge is 2.29. The quantitative estimate of drug-likeness (QED) is 0.407. The highest BCUT2D eigenvalue weighted by atomic mass is 16.5. The second kappa shape index (κ2) is 9.97. The van der Waals surface area contributed by atoms with E-state index in [-0.39, 0.29) is 22.5 Å². The van der Waals surface area contributed by atoms with Crippen LogP contribution in [0.15, 0.2) is 30.3 Å². The molecule has 1 atom stereocenters. The predicted molar refractivity (Wildman–Crippen MR) is 134 cm³/mol. The van der Waals surface area contributed by atoms with Gasteiger partial charge in [-0.05, 0) is 72.8 Å². The van der Waals surface area contributed by atoms with Gasteiger partial charge in [-0.25, -0.2) is 0 Å². The fraction of sp³-hybridized carbons (Fsp3) is 0.536. The fourth-order valence-electron chi connectivity index (χ4n) is 3.72. The Labute approximate surface area is 194 Å². The number of anilines is 1. The van der Waals surface area contributed by atoms with E-state index in [1.54, 1.807) is 6.07 Å². The van der Waals surface area contributed by atoms with E-state index in [1.807, 2.05) is 32.9 Å². The minimum absolute atomic E-state index is 0.0686. The van der Waals surface area contributed by atoms with Gasteiger partial charge >= 0.3 is 0 Å². The number of hydrogen-bond acceptors (Lipinski definition) is 3. The lowest BCUT2D eigenvalue weighted by Gasteiger charge is -2.31. The minimum Gasteiger partial charge on any atom is -0.505 e. The lowest BCUT2D eigenvalue weighted by atomic mass is 9.76. The number of benzene rings is 2. The van der Waals surface area contributed by atoms with E-state index in [0.29, 0.717) is 12.1 Å². The van der Waals surface area contributed by atoms with Crippen LogP contribution in [0.25, 0.3) is 0 Å². The van der Waals surface area contributed by atoms with Crippen LogP contribution in [0.1, 0.15) is 90.0 Å². The van der Waals surface area contributed by atoms with E-state index < -0.39 is 6.10 Å². The monoisotopic (exact) mass is 439 g/mol. The van der Waals surface area contributed by atoms with Gasteiger partial charge in [0.15, 0.2) is 6.10 Å². The molecule has 2 aromatic carbocycles. The zero-order valence-electron chi connectivity index (χ0n) is 21.3. The molecule has 176 valence electrons. The topological polar surface area (TPSA) is 58.6 Å². The molecule has 4 heteroatoms. The Morgan fingerprint density at radius 2 is 1.62 bits per heavy atom. The number of amides is 1. The highest BCUT2D eigenvalue weighted by molar-refractivity contribution is 5.96. The molecule has 1 unspecified atom stereocenters. The largest absolute Gasteiger partial charge is 0.505 e. The molecule has 2 rings (SSSR count). The molecule has 0 saturated carbocycles. The summed E-state index contributed by atoms with van der Waals surface area (Å²) < 4.78 is 6.32. The van der Waals surface area contributed by atoms with Gasteiger partial charge in [-0.15, -0.1) is 0 Å². The van der Waals surface area contributed by atoms with Crippen LogP contribution in [0.3, 0.4) is 0 Å². The van der Waals surface area contributed by atoms with Crippen LogP contribution in [-0.4, -0.2) is 17.1 Å². The number of aryl methyl sites for hydroxylation is 2. The minimum atomic E-state index is -0.661. The van der Waals surface area contributed by atoms with E-state index in [0.717, 1.165) is 35.3 Å². The maximum absolute atomic E-state index is 13.1. The summed E-state index contributed by atoms with van der Waals surface area (Å²) in [6.07, 6.45) is 1.86. The van der Waals surface area contributed by atoms with Crippen LogP contribution in [0.4, 0.5) is 5.69 Å². The third kappa shape index (κ3) is 5.65. The molecule has 2 aromatic rings. The van der Waals surface area contributed by atoms with E-state index in [1.165, 1.54) is 5.56 Å². The van der Waals surface area contributed by atoms with Crippen LogP contribution in [0.5, 0.6) is 11.5 Å². The molecule has 32 heavy (non-hydrogen) atoms. The first-order valence-electron chi connectivity index (χ1n) is 11.8. The Morgan fingerprint density at radius 3 is 2.19 bits per heavy atom. The molecule has 4 nitrogen and oxygen atoms in total. The van der Waals surface area contributed by atoms with Gasteiger partial charge in [-0.2, -0.15) is 0 Å². The van der Waals surface area contributed by atoms with Gasteiger partial charge in [-0.1, -0.05) is 66.7 Å². The Morgan fingerprint density at radius 1 is 1.00 bits per heavy atom. The molecule has 0 aromatic heterocycles. The normalized spacial score (nSPS) is 13.0. The Balaban J connectivity index is 2.39. The van der Waals surface area contributed by atoms with Crippen molar-refractivity contribution in [2.24, 2.45) is 0 Å². The van der Waals surface area contributed by atoms with Crippen molar-refractivity contribution in [2.75, 3.05) is 5.32 Å². The summed E-state index contributed by atoms with van der Waals surface area (Å²) in [5.74, 6) is 0.586. The number of ether oxygens (including phenoxy) is 1. The molecule has 0 spiro atoms. The van der Waals surface area contributed by atoms with Crippen molar-refractivity contribution in [3.05, 3.63) is 52.6 Å². The second-order valence-electron chi connectivity index (χ2n) is 10.2. The molecule has 0 heterocycles. The molecule has 1 amide bonds. The van der Waals surface area contributed by atoms with Crippen LogP contribution in [0, 0.1) is 13.8 Å². The summed E-state index contributed by atoms with van der Waals surface area (Å²) in [7, 11) is 0. The smallest absolute Gasteiger partial charge is 0.265 e. The van der Waals surface area contributed by atoms with Crippen molar-refractivity contribution in [1.82, 2.24) is 0 Å². The first-order valence-corrected chi connectivity index (χ1v) is 11.8. The van der Waals surface area contributed by atoms with Gasteiger partial charge in [0.05, 0.1) is 5.69 Å². The lowest BCUT2D eigenvalue weighted by Crippen LogP contribution is -2.33. The summed E-state index contributed by atoms with van der Waals surface area (Å²) in [6, 6.07) is 10.1. The lowest BCUT2D eigenvalue weighted by molar-refractivity contribution is -0.122. The first kappa shape index (κ1) is 25.8. The second-order valence-corrected chi connectivity index (χ2v) is 10.2. The van der Waals surface area contributed by atoms with Crippen molar-refractivity contribution in [3.63, 3.8) is 0 Å². The van der Waals surface area contributed by atoms with Crippen molar-refractivity contribution in [1.29, 1.82) is 0 Å². The standard InChI is InChI=1S/C28H41NO3/c1-10-23(26(31)29-22-16-18(4)15-19(5)25(22)30)32-24-14-13-20(27(6,7)11-2)17-21(24)28(8,9)12-3/h13-17,23,30H,10-12H2,1-9H3,(H,29,31). The van der Waals surface area contributed by atoms with E-state index >= 15 is 0 Å². The number of hydrogen-bond donors (Lipinski definition) is 2. The first-order chi connectivity index (χ1) is 14.9.